The normalized spacial score (nSPS) is 22.7. The number of rotatable bonds is 5. The lowest BCUT2D eigenvalue weighted by atomic mass is 9.96. The Bertz CT molecular complexity index is 321. The molecule has 0 saturated carbocycles. The zero-order valence-corrected chi connectivity index (χ0v) is 12.7. The fourth-order valence-corrected chi connectivity index (χ4v) is 2.97. The Kier molecular flexibility index (Phi) is 6.65. The van der Waals surface area contributed by atoms with E-state index in [0.717, 1.165) is 19.4 Å². The van der Waals surface area contributed by atoms with Gasteiger partial charge in [0, 0.05) is 31.3 Å². The van der Waals surface area contributed by atoms with Crippen LogP contribution in [0.2, 0.25) is 0 Å². The van der Waals surface area contributed by atoms with Crippen LogP contribution in [0.1, 0.15) is 26.7 Å². The molecule has 0 aromatic rings. The van der Waals surface area contributed by atoms with Crippen LogP contribution in [0.3, 0.4) is 0 Å². The molecule has 1 aliphatic heterocycles. The number of nitrogens with zero attached hydrogens (tertiary/aromatic N) is 1. The van der Waals surface area contributed by atoms with Crippen LogP contribution in [-0.2, 0) is 9.59 Å². The highest BCUT2D eigenvalue weighted by Crippen LogP contribution is 2.18. The molecule has 2 N–H and O–H groups in total. The number of thioether (sulfide) groups is 1. The molecule has 2 amide bonds. The molecule has 1 heterocycles. The lowest BCUT2D eigenvalue weighted by molar-refractivity contribution is -0.134. The topological polar surface area (TPSA) is 69.6 Å². The van der Waals surface area contributed by atoms with Crippen molar-refractivity contribution in [2.75, 3.05) is 26.0 Å². The minimum Gasteiger partial charge on any atom is -0.395 e. The zero-order chi connectivity index (χ0) is 14.4. The lowest BCUT2D eigenvalue weighted by Gasteiger charge is -2.32. The minimum atomic E-state index is -0.124. The van der Waals surface area contributed by atoms with Gasteiger partial charge in [-0.3, -0.25) is 9.59 Å². The van der Waals surface area contributed by atoms with E-state index in [-0.39, 0.29) is 35.6 Å². The third-order valence-electron chi connectivity index (χ3n) is 3.65. The first-order valence-corrected chi connectivity index (χ1v) is 7.98. The monoisotopic (exact) mass is 288 g/mol. The van der Waals surface area contributed by atoms with Crippen molar-refractivity contribution in [2.24, 2.45) is 5.92 Å². The second kappa shape index (κ2) is 7.75. The van der Waals surface area contributed by atoms with Crippen LogP contribution in [0.4, 0.5) is 0 Å². The van der Waals surface area contributed by atoms with Crippen LogP contribution in [-0.4, -0.2) is 59.1 Å². The van der Waals surface area contributed by atoms with Gasteiger partial charge in [-0.1, -0.05) is 0 Å². The number of aliphatic hydroxyl groups excluding tert-OH is 1. The minimum absolute atomic E-state index is 0.00838. The van der Waals surface area contributed by atoms with E-state index in [2.05, 4.69) is 5.32 Å². The molecule has 19 heavy (non-hydrogen) atoms. The smallest absolute Gasteiger partial charge is 0.225 e. The number of carbonyl (C=O) groups excluding carboxylic acids is 2. The van der Waals surface area contributed by atoms with Crippen molar-refractivity contribution in [3.63, 3.8) is 0 Å². The molecule has 3 atom stereocenters. The van der Waals surface area contributed by atoms with E-state index in [1.54, 1.807) is 23.6 Å². The third-order valence-corrected chi connectivity index (χ3v) is 4.81. The van der Waals surface area contributed by atoms with Gasteiger partial charge in [0.1, 0.15) is 0 Å². The summed E-state index contributed by atoms with van der Waals surface area (Å²) in [7, 11) is 0. The molecule has 1 fully saturated rings. The van der Waals surface area contributed by atoms with E-state index in [0.29, 0.717) is 6.54 Å². The van der Waals surface area contributed by atoms with Gasteiger partial charge in [0.2, 0.25) is 11.8 Å². The predicted molar refractivity (Wildman–Crippen MR) is 77.0 cm³/mol. The Balaban J connectivity index is 2.50. The van der Waals surface area contributed by atoms with Gasteiger partial charge in [0.05, 0.1) is 12.5 Å². The van der Waals surface area contributed by atoms with Crippen LogP contribution in [0.25, 0.3) is 0 Å². The Morgan fingerprint density at radius 3 is 2.74 bits per heavy atom. The first kappa shape index (κ1) is 16.3. The summed E-state index contributed by atoms with van der Waals surface area (Å²) < 4.78 is 0. The van der Waals surface area contributed by atoms with Crippen LogP contribution in [0.15, 0.2) is 0 Å². The molecule has 1 rings (SSSR count). The second-order valence-electron chi connectivity index (χ2n) is 5.06. The summed E-state index contributed by atoms with van der Waals surface area (Å²) in [5.41, 5.74) is 0. The zero-order valence-electron chi connectivity index (χ0n) is 11.9. The average Bonchev–Trinajstić information content (AvgIpc) is 2.40. The largest absolute Gasteiger partial charge is 0.395 e. The highest BCUT2D eigenvalue weighted by Gasteiger charge is 2.28. The number of piperidine rings is 1. The Labute approximate surface area is 119 Å². The van der Waals surface area contributed by atoms with Crippen molar-refractivity contribution in [1.82, 2.24) is 10.2 Å². The van der Waals surface area contributed by atoms with E-state index < -0.39 is 0 Å². The van der Waals surface area contributed by atoms with Gasteiger partial charge in [-0.15, -0.1) is 0 Å². The molecular weight excluding hydrogens is 264 g/mol. The fraction of sp³-hybridized carbons (Fsp3) is 0.846. The molecule has 0 aromatic heterocycles. The number of carbonyl (C=O) groups is 2. The van der Waals surface area contributed by atoms with Gasteiger partial charge in [-0.2, -0.15) is 11.8 Å². The van der Waals surface area contributed by atoms with Crippen molar-refractivity contribution in [2.45, 2.75) is 38.0 Å². The number of hydrogen-bond acceptors (Lipinski definition) is 4. The molecule has 0 aliphatic carbocycles. The number of nitrogens with one attached hydrogen (secondary N) is 1. The first-order chi connectivity index (χ1) is 8.99. The van der Waals surface area contributed by atoms with E-state index >= 15 is 0 Å². The molecule has 110 valence electrons. The summed E-state index contributed by atoms with van der Waals surface area (Å²) in [6.45, 7) is 4.75. The fourth-order valence-electron chi connectivity index (χ4n) is 2.35. The Morgan fingerprint density at radius 2 is 2.21 bits per heavy atom. The van der Waals surface area contributed by atoms with Crippen molar-refractivity contribution in [1.29, 1.82) is 0 Å². The molecule has 0 aromatic carbocycles. The highest BCUT2D eigenvalue weighted by atomic mass is 32.2. The van der Waals surface area contributed by atoms with Crippen molar-refractivity contribution in [3.05, 3.63) is 0 Å². The standard InChI is InChI=1S/C13H24N2O3S/c1-9(12(8-16)19-3)14-13(18)11-5-4-6-15(7-11)10(2)17/h9,11-12,16H,4-8H2,1-3H3,(H,14,18). The van der Waals surface area contributed by atoms with Gasteiger partial charge in [-0.25, -0.2) is 0 Å². The van der Waals surface area contributed by atoms with E-state index in [1.165, 1.54) is 0 Å². The molecule has 0 radical (unpaired) electrons. The molecule has 0 spiro atoms. The highest BCUT2D eigenvalue weighted by molar-refractivity contribution is 7.99. The van der Waals surface area contributed by atoms with Crippen molar-refractivity contribution >= 4 is 23.6 Å². The molecule has 5 nitrogen and oxygen atoms in total. The lowest BCUT2D eigenvalue weighted by Crippen LogP contribution is -2.49. The summed E-state index contributed by atoms with van der Waals surface area (Å²) in [4.78, 5) is 25.3. The number of hydrogen-bond donors (Lipinski definition) is 2. The first-order valence-electron chi connectivity index (χ1n) is 6.69. The molecule has 0 bridgehead atoms. The molecule has 1 saturated heterocycles. The predicted octanol–water partition coefficient (Wildman–Crippen LogP) is 0.473. The van der Waals surface area contributed by atoms with Gasteiger partial charge >= 0.3 is 0 Å². The SMILES string of the molecule is CSC(CO)C(C)NC(=O)C1CCCN(C(C)=O)C1. The molecule has 1 aliphatic rings. The Morgan fingerprint density at radius 1 is 1.53 bits per heavy atom. The maximum atomic E-state index is 12.2. The van der Waals surface area contributed by atoms with E-state index in [1.807, 2.05) is 13.2 Å². The Hall–Kier alpha value is -0.750. The van der Waals surface area contributed by atoms with Crippen LogP contribution in [0, 0.1) is 5.92 Å². The summed E-state index contributed by atoms with van der Waals surface area (Å²) >= 11 is 1.54. The van der Waals surface area contributed by atoms with E-state index in [9.17, 15) is 14.7 Å². The molecule has 6 heteroatoms. The average molecular weight is 288 g/mol. The number of aliphatic hydroxyl groups is 1. The number of amides is 2. The van der Waals surface area contributed by atoms with Crippen molar-refractivity contribution < 1.29 is 14.7 Å². The van der Waals surface area contributed by atoms with Gasteiger partial charge in [0.25, 0.3) is 0 Å². The quantitative estimate of drug-likeness (QED) is 0.772. The van der Waals surface area contributed by atoms with Gasteiger partial charge in [-0.05, 0) is 26.0 Å². The second-order valence-corrected chi connectivity index (χ2v) is 6.14. The van der Waals surface area contributed by atoms with Gasteiger partial charge in [0.15, 0.2) is 0 Å². The summed E-state index contributed by atoms with van der Waals surface area (Å²) in [5.74, 6) is -0.102. The van der Waals surface area contributed by atoms with Gasteiger partial charge < -0.3 is 15.3 Å². The van der Waals surface area contributed by atoms with Crippen LogP contribution in [0.5, 0.6) is 0 Å². The third kappa shape index (κ3) is 4.69. The summed E-state index contributed by atoms with van der Waals surface area (Å²) in [6.07, 6.45) is 3.62. The van der Waals surface area contributed by atoms with E-state index in [4.69, 9.17) is 0 Å². The molecular formula is C13H24N2O3S. The maximum absolute atomic E-state index is 12.2. The summed E-state index contributed by atoms with van der Waals surface area (Å²) in [6, 6.07) is -0.0693. The molecule has 3 unspecified atom stereocenters. The van der Waals surface area contributed by atoms with Crippen molar-refractivity contribution in [3.8, 4) is 0 Å². The van der Waals surface area contributed by atoms with Crippen LogP contribution < -0.4 is 5.32 Å². The summed E-state index contributed by atoms with van der Waals surface area (Å²) in [5, 5.41) is 12.2. The van der Waals surface area contributed by atoms with Crippen LogP contribution >= 0.6 is 11.8 Å². The number of likely N-dealkylation sites (tertiary alicyclic amines) is 1. The maximum Gasteiger partial charge on any atom is 0.225 e.